The average Bonchev–Trinajstić information content (AvgIpc) is 2.63. The minimum absolute atomic E-state index is 0.0103. The van der Waals surface area contributed by atoms with E-state index >= 15 is 0 Å². The molecule has 0 amide bonds. The Labute approximate surface area is 120 Å². The second kappa shape index (κ2) is 5.29. The molecule has 0 fully saturated rings. The molecule has 2 rings (SSSR count). The van der Waals surface area contributed by atoms with E-state index < -0.39 is 0 Å². The van der Waals surface area contributed by atoms with Crippen molar-refractivity contribution in [2.24, 2.45) is 7.05 Å². The van der Waals surface area contributed by atoms with Crippen LogP contribution in [0.4, 0.5) is 0 Å². The molecule has 1 heterocycles. The fraction of sp³-hybridized carbons (Fsp3) is 0.438. The molecular weight excluding hydrogens is 252 g/mol. The van der Waals surface area contributed by atoms with Crippen LogP contribution in [0.15, 0.2) is 24.3 Å². The first-order valence-electron chi connectivity index (χ1n) is 6.75. The van der Waals surface area contributed by atoms with E-state index in [1.54, 1.807) is 4.68 Å². The summed E-state index contributed by atoms with van der Waals surface area (Å²) in [6.07, 6.45) is 0. The first-order valence-corrected chi connectivity index (χ1v) is 6.75. The van der Waals surface area contributed by atoms with Crippen molar-refractivity contribution in [2.75, 3.05) is 0 Å². The molecule has 4 nitrogen and oxygen atoms in total. The summed E-state index contributed by atoms with van der Waals surface area (Å²) < 4.78 is 7.72. The molecule has 108 valence electrons. The maximum atomic E-state index is 9.49. The third-order valence-electron chi connectivity index (χ3n) is 3.35. The normalized spacial score (nSPS) is 11.7. The zero-order chi connectivity index (χ0) is 14.9. The average molecular weight is 274 g/mol. The van der Waals surface area contributed by atoms with Crippen molar-refractivity contribution in [3.05, 3.63) is 41.1 Å². The highest BCUT2D eigenvalue weighted by Crippen LogP contribution is 2.35. The molecule has 0 bridgehead atoms. The SMILES string of the molecule is Cc1nn(C)c(Oc2ccccc2C(C)(C)C)c1CO. The Hall–Kier alpha value is -1.81. The van der Waals surface area contributed by atoms with Gasteiger partial charge in [-0.25, -0.2) is 4.68 Å². The van der Waals surface area contributed by atoms with Gasteiger partial charge < -0.3 is 9.84 Å². The summed E-state index contributed by atoms with van der Waals surface area (Å²) in [6.45, 7) is 8.24. The van der Waals surface area contributed by atoms with Crippen molar-refractivity contribution in [3.63, 3.8) is 0 Å². The predicted octanol–water partition coefficient (Wildman–Crippen LogP) is 3.31. The van der Waals surface area contributed by atoms with E-state index in [2.05, 4.69) is 31.9 Å². The summed E-state index contributed by atoms with van der Waals surface area (Å²) in [4.78, 5) is 0. The molecule has 1 N–H and O–H groups in total. The van der Waals surface area contributed by atoms with Crippen LogP contribution in [0, 0.1) is 6.92 Å². The lowest BCUT2D eigenvalue weighted by molar-refractivity contribution is 0.274. The van der Waals surface area contributed by atoms with Gasteiger partial charge in [0.1, 0.15) is 5.75 Å². The van der Waals surface area contributed by atoms with Gasteiger partial charge in [-0.3, -0.25) is 0 Å². The van der Waals surface area contributed by atoms with Gasteiger partial charge in [-0.15, -0.1) is 0 Å². The molecule has 1 aromatic heterocycles. The molecular formula is C16H22N2O2. The minimum Gasteiger partial charge on any atom is -0.439 e. The second-order valence-corrected chi connectivity index (χ2v) is 6.00. The summed E-state index contributed by atoms with van der Waals surface area (Å²) in [6, 6.07) is 7.97. The lowest BCUT2D eigenvalue weighted by Gasteiger charge is -2.22. The number of benzene rings is 1. The van der Waals surface area contributed by atoms with Crippen molar-refractivity contribution in [1.29, 1.82) is 0 Å². The van der Waals surface area contributed by atoms with Crippen LogP contribution < -0.4 is 4.74 Å². The first-order chi connectivity index (χ1) is 9.34. The maximum Gasteiger partial charge on any atom is 0.223 e. The standard InChI is InChI=1S/C16H22N2O2/c1-11-12(10-19)15(18(5)17-11)20-14-9-7-6-8-13(14)16(2,3)4/h6-9,19H,10H2,1-5H3. The first kappa shape index (κ1) is 14.6. The molecule has 0 aliphatic rings. The number of aliphatic hydroxyl groups is 1. The van der Waals surface area contributed by atoms with Gasteiger partial charge in [0.25, 0.3) is 0 Å². The van der Waals surface area contributed by atoms with Gasteiger partial charge in [-0.1, -0.05) is 39.0 Å². The van der Waals surface area contributed by atoms with Crippen molar-refractivity contribution in [2.45, 2.75) is 39.7 Å². The molecule has 0 spiro atoms. The quantitative estimate of drug-likeness (QED) is 0.934. The zero-order valence-corrected chi connectivity index (χ0v) is 12.8. The molecule has 0 saturated heterocycles. The van der Waals surface area contributed by atoms with Crippen LogP contribution in [0.5, 0.6) is 11.6 Å². The van der Waals surface area contributed by atoms with E-state index in [-0.39, 0.29) is 12.0 Å². The Morgan fingerprint density at radius 3 is 2.50 bits per heavy atom. The van der Waals surface area contributed by atoms with Crippen LogP contribution in [0.3, 0.4) is 0 Å². The Morgan fingerprint density at radius 2 is 1.90 bits per heavy atom. The van der Waals surface area contributed by atoms with Crippen LogP contribution in [0.2, 0.25) is 0 Å². The Kier molecular flexibility index (Phi) is 3.86. The molecule has 4 heteroatoms. The monoisotopic (exact) mass is 274 g/mol. The smallest absolute Gasteiger partial charge is 0.223 e. The number of aryl methyl sites for hydroxylation is 2. The molecule has 0 atom stereocenters. The highest BCUT2D eigenvalue weighted by Gasteiger charge is 2.21. The summed E-state index contributed by atoms with van der Waals surface area (Å²) in [7, 11) is 1.82. The molecule has 2 aromatic rings. The maximum absolute atomic E-state index is 9.49. The predicted molar refractivity (Wildman–Crippen MR) is 79.1 cm³/mol. The third-order valence-corrected chi connectivity index (χ3v) is 3.35. The van der Waals surface area contributed by atoms with Crippen LogP contribution in [-0.4, -0.2) is 14.9 Å². The van der Waals surface area contributed by atoms with E-state index in [1.165, 1.54) is 0 Å². The number of ether oxygens (including phenoxy) is 1. The lowest BCUT2D eigenvalue weighted by atomic mass is 9.86. The lowest BCUT2D eigenvalue weighted by Crippen LogP contribution is -2.13. The minimum atomic E-state index is -0.0767. The van der Waals surface area contributed by atoms with Gasteiger partial charge in [0.2, 0.25) is 5.88 Å². The Morgan fingerprint density at radius 1 is 1.25 bits per heavy atom. The summed E-state index contributed by atoms with van der Waals surface area (Å²) in [5.41, 5.74) is 2.64. The Bertz CT molecular complexity index is 609. The highest BCUT2D eigenvalue weighted by atomic mass is 16.5. The van der Waals surface area contributed by atoms with Crippen LogP contribution >= 0.6 is 0 Å². The molecule has 0 aliphatic carbocycles. The van der Waals surface area contributed by atoms with Crippen molar-refractivity contribution in [1.82, 2.24) is 9.78 Å². The van der Waals surface area contributed by atoms with E-state index in [0.717, 1.165) is 22.6 Å². The van der Waals surface area contributed by atoms with Crippen LogP contribution in [0.25, 0.3) is 0 Å². The molecule has 1 aromatic carbocycles. The van der Waals surface area contributed by atoms with Crippen LogP contribution in [0.1, 0.15) is 37.6 Å². The van der Waals surface area contributed by atoms with Gasteiger partial charge in [-0.05, 0) is 18.4 Å². The number of nitrogens with zero attached hydrogens (tertiary/aromatic N) is 2. The molecule has 0 radical (unpaired) electrons. The fourth-order valence-electron chi connectivity index (χ4n) is 2.27. The number of aliphatic hydroxyl groups excluding tert-OH is 1. The summed E-state index contributed by atoms with van der Waals surface area (Å²) in [5.74, 6) is 1.40. The van der Waals surface area contributed by atoms with Crippen molar-refractivity contribution >= 4 is 0 Å². The molecule has 0 saturated carbocycles. The van der Waals surface area contributed by atoms with Gasteiger partial charge in [0.05, 0.1) is 17.9 Å². The number of aromatic nitrogens is 2. The summed E-state index contributed by atoms with van der Waals surface area (Å²) in [5, 5.41) is 13.8. The number of hydrogen-bond donors (Lipinski definition) is 1. The molecule has 0 aliphatic heterocycles. The topological polar surface area (TPSA) is 47.3 Å². The fourth-order valence-corrected chi connectivity index (χ4v) is 2.27. The van der Waals surface area contributed by atoms with Gasteiger partial charge >= 0.3 is 0 Å². The number of hydrogen-bond acceptors (Lipinski definition) is 3. The van der Waals surface area contributed by atoms with Gasteiger partial charge in [0, 0.05) is 12.6 Å². The largest absolute Gasteiger partial charge is 0.439 e. The molecule has 0 unspecified atom stereocenters. The zero-order valence-electron chi connectivity index (χ0n) is 12.8. The summed E-state index contributed by atoms with van der Waals surface area (Å²) >= 11 is 0. The van der Waals surface area contributed by atoms with E-state index in [1.807, 2.05) is 32.2 Å². The van der Waals surface area contributed by atoms with E-state index in [9.17, 15) is 5.11 Å². The van der Waals surface area contributed by atoms with Gasteiger partial charge in [0.15, 0.2) is 0 Å². The van der Waals surface area contributed by atoms with Gasteiger partial charge in [-0.2, -0.15) is 5.10 Å². The number of rotatable bonds is 3. The van der Waals surface area contributed by atoms with E-state index in [0.29, 0.717) is 5.88 Å². The third kappa shape index (κ3) is 2.70. The number of para-hydroxylation sites is 1. The van der Waals surface area contributed by atoms with Crippen LogP contribution in [-0.2, 0) is 19.1 Å². The molecule has 20 heavy (non-hydrogen) atoms. The highest BCUT2D eigenvalue weighted by molar-refractivity contribution is 5.42. The van der Waals surface area contributed by atoms with Crippen molar-refractivity contribution < 1.29 is 9.84 Å². The second-order valence-electron chi connectivity index (χ2n) is 6.00. The Balaban J connectivity index is 2.46. The van der Waals surface area contributed by atoms with Crippen molar-refractivity contribution in [3.8, 4) is 11.6 Å². The van der Waals surface area contributed by atoms with E-state index in [4.69, 9.17) is 4.74 Å².